The monoisotopic (exact) mass is 345 g/mol. The molecule has 0 spiro atoms. The zero-order valence-corrected chi connectivity index (χ0v) is 14.4. The van der Waals surface area contributed by atoms with Crippen LogP contribution in [0, 0.1) is 5.92 Å². The smallest absolute Gasteiger partial charge is 0.249 e. The lowest BCUT2D eigenvalue weighted by Gasteiger charge is -2.29. The summed E-state index contributed by atoms with van der Waals surface area (Å²) in [6.45, 7) is 2.88. The molecule has 2 bridgehead atoms. The fourth-order valence-electron chi connectivity index (χ4n) is 3.89. The van der Waals surface area contributed by atoms with Gasteiger partial charge in [-0.1, -0.05) is 18.5 Å². The van der Waals surface area contributed by atoms with Crippen molar-refractivity contribution in [2.45, 2.75) is 44.7 Å². The van der Waals surface area contributed by atoms with Crippen LogP contribution in [0.1, 0.15) is 38.6 Å². The number of hydrogen-bond acceptors (Lipinski definition) is 4. The van der Waals surface area contributed by atoms with Gasteiger partial charge in [-0.15, -0.1) is 10.2 Å². The first kappa shape index (κ1) is 15.6. The van der Waals surface area contributed by atoms with Crippen molar-refractivity contribution in [1.29, 1.82) is 0 Å². The summed E-state index contributed by atoms with van der Waals surface area (Å²) in [6, 6.07) is 7.33. The number of likely N-dealkylation sites (tertiary alicyclic amines) is 1. The summed E-state index contributed by atoms with van der Waals surface area (Å²) in [6.07, 6.45) is 4.20. The van der Waals surface area contributed by atoms with Gasteiger partial charge in [-0.05, 0) is 61.1 Å². The maximum absolute atomic E-state index is 12.9. The summed E-state index contributed by atoms with van der Waals surface area (Å²) in [5, 5.41) is 13.3. The standard InChI is InChI=1S/C17H20ClN5O/c1-2-15(17(24)22-10-11-3-8-14(22)9-11)23-20-16(19-21-23)12-4-6-13(18)7-5-12/h4-7,11,14-15H,2-3,8-10H2,1H3. The van der Waals surface area contributed by atoms with Crippen LogP contribution in [0.3, 0.4) is 0 Å². The minimum Gasteiger partial charge on any atom is -0.338 e. The van der Waals surface area contributed by atoms with E-state index in [1.165, 1.54) is 11.2 Å². The molecule has 1 amide bonds. The molecule has 2 aliphatic rings. The first-order chi connectivity index (χ1) is 11.7. The number of piperidine rings is 1. The molecule has 4 rings (SSSR count). The Hall–Kier alpha value is -1.95. The first-order valence-corrected chi connectivity index (χ1v) is 8.89. The van der Waals surface area contributed by atoms with Crippen LogP contribution in [0.15, 0.2) is 24.3 Å². The summed E-state index contributed by atoms with van der Waals surface area (Å²) in [5.74, 6) is 1.33. The maximum atomic E-state index is 12.9. The molecule has 7 heteroatoms. The summed E-state index contributed by atoms with van der Waals surface area (Å²) in [5.41, 5.74) is 0.841. The Morgan fingerprint density at radius 3 is 2.75 bits per heavy atom. The van der Waals surface area contributed by atoms with Crippen molar-refractivity contribution in [2.75, 3.05) is 6.54 Å². The highest BCUT2D eigenvalue weighted by Crippen LogP contribution is 2.38. The van der Waals surface area contributed by atoms with Crippen molar-refractivity contribution in [3.63, 3.8) is 0 Å². The number of nitrogens with zero attached hydrogens (tertiary/aromatic N) is 5. The zero-order chi connectivity index (χ0) is 16.7. The van der Waals surface area contributed by atoms with Crippen LogP contribution >= 0.6 is 11.6 Å². The van der Waals surface area contributed by atoms with Crippen LogP contribution in [0.4, 0.5) is 0 Å². The number of carbonyl (C=O) groups is 1. The average molecular weight is 346 g/mol. The Kier molecular flexibility index (Phi) is 4.00. The Morgan fingerprint density at radius 1 is 1.33 bits per heavy atom. The third-order valence-corrected chi connectivity index (χ3v) is 5.43. The normalized spacial score (nSPS) is 23.7. The number of rotatable bonds is 4. The highest BCUT2D eigenvalue weighted by Gasteiger charge is 2.42. The number of benzene rings is 1. The lowest BCUT2D eigenvalue weighted by atomic mass is 10.1. The van der Waals surface area contributed by atoms with Gasteiger partial charge in [0.2, 0.25) is 11.7 Å². The summed E-state index contributed by atoms with van der Waals surface area (Å²) >= 11 is 5.91. The van der Waals surface area contributed by atoms with Crippen LogP contribution in [0.2, 0.25) is 5.02 Å². The van der Waals surface area contributed by atoms with Gasteiger partial charge in [-0.25, -0.2) is 0 Å². The third-order valence-electron chi connectivity index (χ3n) is 5.17. The minimum absolute atomic E-state index is 0.129. The Bertz CT molecular complexity index is 744. The van der Waals surface area contributed by atoms with Crippen molar-refractivity contribution >= 4 is 17.5 Å². The number of aromatic nitrogens is 4. The zero-order valence-electron chi connectivity index (χ0n) is 13.6. The molecule has 1 saturated carbocycles. The van der Waals surface area contributed by atoms with Gasteiger partial charge in [0.25, 0.3) is 0 Å². The molecule has 0 radical (unpaired) electrons. The lowest BCUT2D eigenvalue weighted by molar-refractivity contribution is -0.137. The predicted octanol–water partition coefficient (Wildman–Crippen LogP) is 2.96. The molecular formula is C17H20ClN5O. The van der Waals surface area contributed by atoms with Crippen LogP contribution in [0.5, 0.6) is 0 Å². The lowest BCUT2D eigenvalue weighted by Crippen LogP contribution is -2.42. The van der Waals surface area contributed by atoms with E-state index in [4.69, 9.17) is 11.6 Å². The molecule has 1 aliphatic carbocycles. The topological polar surface area (TPSA) is 63.9 Å². The van der Waals surface area contributed by atoms with Crippen molar-refractivity contribution in [2.24, 2.45) is 5.92 Å². The molecule has 2 fully saturated rings. The molecular weight excluding hydrogens is 326 g/mol. The summed E-state index contributed by atoms with van der Waals surface area (Å²) in [7, 11) is 0. The van der Waals surface area contributed by atoms with E-state index in [9.17, 15) is 4.79 Å². The van der Waals surface area contributed by atoms with E-state index in [2.05, 4.69) is 15.4 Å². The molecule has 1 aliphatic heterocycles. The van der Waals surface area contributed by atoms with Crippen molar-refractivity contribution in [3.05, 3.63) is 29.3 Å². The Balaban J connectivity index is 1.55. The van der Waals surface area contributed by atoms with Gasteiger partial charge in [0.05, 0.1) is 0 Å². The van der Waals surface area contributed by atoms with E-state index < -0.39 is 0 Å². The third kappa shape index (κ3) is 2.69. The summed E-state index contributed by atoms with van der Waals surface area (Å²) < 4.78 is 0. The number of amides is 1. The van der Waals surface area contributed by atoms with Gasteiger partial charge in [-0.3, -0.25) is 4.79 Å². The van der Waals surface area contributed by atoms with Crippen LogP contribution in [-0.4, -0.2) is 43.6 Å². The van der Waals surface area contributed by atoms with Gasteiger partial charge in [0.1, 0.15) is 0 Å². The molecule has 1 aromatic heterocycles. The SMILES string of the molecule is CCC(C(=O)N1CC2CCC1C2)n1nnc(-c2ccc(Cl)cc2)n1. The van der Waals surface area contributed by atoms with E-state index in [0.717, 1.165) is 24.9 Å². The van der Waals surface area contributed by atoms with E-state index in [1.54, 1.807) is 12.1 Å². The molecule has 126 valence electrons. The van der Waals surface area contributed by atoms with Gasteiger partial charge in [0.15, 0.2) is 6.04 Å². The van der Waals surface area contributed by atoms with Crippen molar-refractivity contribution < 1.29 is 4.79 Å². The molecule has 3 atom stereocenters. The molecule has 6 nitrogen and oxygen atoms in total. The number of halogens is 1. The van der Waals surface area contributed by atoms with Crippen LogP contribution in [-0.2, 0) is 4.79 Å². The van der Waals surface area contributed by atoms with E-state index in [0.29, 0.717) is 29.2 Å². The summed E-state index contributed by atoms with van der Waals surface area (Å²) in [4.78, 5) is 16.4. The van der Waals surface area contributed by atoms with E-state index >= 15 is 0 Å². The Morgan fingerprint density at radius 2 is 2.12 bits per heavy atom. The number of hydrogen-bond donors (Lipinski definition) is 0. The Labute approximate surface area is 145 Å². The fourth-order valence-corrected chi connectivity index (χ4v) is 4.02. The van der Waals surface area contributed by atoms with E-state index in [1.807, 2.05) is 24.0 Å². The second-order valence-corrected chi connectivity index (χ2v) is 7.12. The highest BCUT2D eigenvalue weighted by molar-refractivity contribution is 6.30. The molecule has 2 aromatic rings. The second kappa shape index (κ2) is 6.16. The van der Waals surface area contributed by atoms with Crippen molar-refractivity contribution in [1.82, 2.24) is 25.1 Å². The molecule has 0 N–H and O–H groups in total. The molecule has 2 heterocycles. The number of carbonyl (C=O) groups excluding carboxylic acids is 1. The van der Waals surface area contributed by atoms with Gasteiger partial charge in [-0.2, -0.15) is 4.80 Å². The van der Waals surface area contributed by atoms with Crippen LogP contribution in [0.25, 0.3) is 11.4 Å². The van der Waals surface area contributed by atoms with Crippen LogP contribution < -0.4 is 0 Å². The number of fused-ring (bicyclic) bond motifs is 2. The predicted molar refractivity (Wildman–Crippen MR) is 90.4 cm³/mol. The second-order valence-electron chi connectivity index (χ2n) is 6.69. The number of tetrazole rings is 1. The van der Waals surface area contributed by atoms with Gasteiger partial charge >= 0.3 is 0 Å². The molecule has 24 heavy (non-hydrogen) atoms. The highest BCUT2D eigenvalue weighted by atomic mass is 35.5. The van der Waals surface area contributed by atoms with Crippen molar-refractivity contribution in [3.8, 4) is 11.4 Å². The molecule has 3 unspecified atom stereocenters. The molecule has 1 aromatic carbocycles. The largest absolute Gasteiger partial charge is 0.338 e. The maximum Gasteiger partial charge on any atom is 0.249 e. The average Bonchev–Trinajstić information content (AvgIpc) is 3.32. The minimum atomic E-state index is -0.377. The first-order valence-electron chi connectivity index (χ1n) is 8.51. The molecule has 1 saturated heterocycles. The fraction of sp³-hybridized carbons (Fsp3) is 0.529. The van der Waals surface area contributed by atoms with Gasteiger partial charge < -0.3 is 4.90 Å². The van der Waals surface area contributed by atoms with E-state index in [-0.39, 0.29) is 11.9 Å². The quantitative estimate of drug-likeness (QED) is 0.854. The van der Waals surface area contributed by atoms with Gasteiger partial charge in [0, 0.05) is 23.2 Å².